The predicted octanol–water partition coefficient (Wildman–Crippen LogP) is 1.74. The molecule has 0 aliphatic rings. The SMILES string of the molecule is CC(N)Cc1cn(CCCOCC(F)(F)F)cn1. The first kappa shape index (κ1) is 15.0. The number of alkyl halides is 3. The lowest BCUT2D eigenvalue weighted by atomic mass is 10.2. The third-order valence-corrected chi connectivity index (χ3v) is 2.19. The van der Waals surface area contributed by atoms with Crippen LogP contribution in [0.2, 0.25) is 0 Å². The Morgan fingerprint density at radius 3 is 2.83 bits per heavy atom. The van der Waals surface area contributed by atoms with Crippen LogP contribution in [0.15, 0.2) is 12.5 Å². The molecule has 0 radical (unpaired) electrons. The highest BCUT2D eigenvalue weighted by atomic mass is 19.4. The molecule has 0 amide bonds. The van der Waals surface area contributed by atoms with Gasteiger partial charge in [0.25, 0.3) is 0 Å². The van der Waals surface area contributed by atoms with E-state index < -0.39 is 12.8 Å². The fourth-order valence-electron chi connectivity index (χ4n) is 1.50. The third kappa shape index (κ3) is 6.61. The van der Waals surface area contributed by atoms with Crippen LogP contribution in [0.3, 0.4) is 0 Å². The van der Waals surface area contributed by atoms with Crippen LogP contribution in [0.4, 0.5) is 13.2 Å². The average molecular weight is 265 g/mol. The largest absolute Gasteiger partial charge is 0.411 e. The molecule has 7 heteroatoms. The predicted molar refractivity (Wildman–Crippen MR) is 61.1 cm³/mol. The second-order valence-corrected chi connectivity index (χ2v) is 4.31. The maximum atomic E-state index is 11.8. The molecule has 1 aromatic heterocycles. The van der Waals surface area contributed by atoms with Gasteiger partial charge in [-0.2, -0.15) is 13.2 Å². The molecule has 0 aromatic carbocycles. The molecular formula is C11H18F3N3O. The zero-order valence-electron chi connectivity index (χ0n) is 10.3. The smallest absolute Gasteiger partial charge is 0.372 e. The molecule has 18 heavy (non-hydrogen) atoms. The van der Waals surface area contributed by atoms with E-state index in [1.54, 1.807) is 6.33 Å². The van der Waals surface area contributed by atoms with E-state index in [1.807, 2.05) is 17.7 Å². The molecule has 0 saturated carbocycles. The molecule has 0 bridgehead atoms. The molecule has 0 spiro atoms. The Bertz CT molecular complexity index is 350. The van der Waals surface area contributed by atoms with Crippen molar-refractivity contribution in [1.29, 1.82) is 0 Å². The van der Waals surface area contributed by atoms with Gasteiger partial charge in [-0.3, -0.25) is 0 Å². The van der Waals surface area contributed by atoms with Gasteiger partial charge in [0, 0.05) is 31.8 Å². The molecule has 2 N–H and O–H groups in total. The van der Waals surface area contributed by atoms with E-state index in [0.29, 0.717) is 19.4 Å². The lowest BCUT2D eigenvalue weighted by Gasteiger charge is -2.07. The highest BCUT2D eigenvalue weighted by Gasteiger charge is 2.27. The van der Waals surface area contributed by atoms with Crippen LogP contribution >= 0.6 is 0 Å². The van der Waals surface area contributed by atoms with Gasteiger partial charge in [-0.15, -0.1) is 0 Å². The quantitative estimate of drug-likeness (QED) is 0.764. The molecule has 1 rings (SSSR count). The van der Waals surface area contributed by atoms with Gasteiger partial charge >= 0.3 is 6.18 Å². The van der Waals surface area contributed by atoms with Crippen LogP contribution in [0.1, 0.15) is 19.0 Å². The molecule has 1 atom stereocenters. The summed E-state index contributed by atoms with van der Waals surface area (Å²) >= 11 is 0. The number of rotatable bonds is 7. The summed E-state index contributed by atoms with van der Waals surface area (Å²) in [6, 6.07) is 0.0449. The first-order valence-corrected chi connectivity index (χ1v) is 5.77. The van der Waals surface area contributed by atoms with Gasteiger partial charge in [-0.25, -0.2) is 4.98 Å². The van der Waals surface area contributed by atoms with Crippen molar-refractivity contribution in [2.24, 2.45) is 5.73 Å². The van der Waals surface area contributed by atoms with Crippen molar-refractivity contribution in [3.8, 4) is 0 Å². The summed E-state index contributed by atoms with van der Waals surface area (Å²) in [5.74, 6) is 0. The van der Waals surface area contributed by atoms with Crippen molar-refractivity contribution in [2.75, 3.05) is 13.2 Å². The molecule has 104 valence electrons. The van der Waals surface area contributed by atoms with Crippen LogP contribution < -0.4 is 5.73 Å². The average Bonchev–Trinajstić information content (AvgIpc) is 2.62. The Balaban J connectivity index is 2.17. The summed E-state index contributed by atoms with van der Waals surface area (Å²) in [5.41, 5.74) is 6.53. The van der Waals surface area contributed by atoms with Gasteiger partial charge in [0.05, 0.1) is 12.0 Å². The van der Waals surface area contributed by atoms with E-state index in [0.717, 1.165) is 5.69 Å². The third-order valence-electron chi connectivity index (χ3n) is 2.19. The van der Waals surface area contributed by atoms with Crippen molar-refractivity contribution in [3.63, 3.8) is 0 Å². The van der Waals surface area contributed by atoms with Crippen molar-refractivity contribution in [1.82, 2.24) is 9.55 Å². The van der Waals surface area contributed by atoms with Gasteiger partial charge < -0.3 is 15.0 Å². The molecular weight excluding hydrogens is 247 g/mol. The van der Waals surface area contributed by atoms with Crippen LogP contribution in [0.25, 0.3) is 0 Å². The summed E-state index contributed by atoms with van der Waals surface area (Å²) in [5, 5.41) is 0. The van der Waals surface area contributed by atoms with Crippen LogP contribution in [0.5, 0.6) is 0 Å². The molecule has 1 unspecified atom stereocenters. The summed E-state index contributed by atoms with van der Waals surface area (Å²) in [6.45, 7) is 1.38. The number of aryl methyl sites for hydroxylation is 1. The van der Waals surface area contributed by atoms with Crippen LogP contribution in [0, 0.1) is 0 Å². The Kier molecular flexibility index (Phi) is 5.61. The second-order valence-electron chi connectivity index (χ2n) is 4.31. The highest BCUT2D eigenvalue weighted by molar-refractivity contribution is 4.98. The number of aromatic nitrogens is 2. The van der Waals surface area contributed by atoms with Crippen LogP contribution in [-0.2, 0) is 17.7 Å². The van der Waals surface area contributed by atoms with Gasteiger partial charge in [0.2, 0.25) is 0 Å². The van der Waals surface area contributed by atoms with Gasteiger partial charge in [0.15, 0.2) is 0 Å². The molecule has 0 fully saturated rings. The molecule has 4 nitrogen and oxygen atoms in total. The summed E-state index contributed by atoms with van der Waals surface area (Å²) < 4.78 is 41.7. The number of nitrogens with zero attached hydrogens (tertiary/aromatic N) is 2. The lowest BCUT2D eigenvalue weighted by Crippen LogP contribution is -2.18. The highest BCUT2D eigenvalue weighted by Crippen LogP contribution is 2.14. The first-order valence-electron chi connectivity index (χ1n) is 5.77. The van der Waals surface area contributed by atoms with Crippen molar-refractivity contribution >= 4 is 0 Å². The normalized spacial score (nSPS) is 13.8. The monoisotopic (exact) mass is 265 g/mol. The van der Waals surface area contributed by atoms with Crippen molar-refractivity contribution in [3.05, 3.63) is 18.2 Å². The molecule has 1 heterocycles. The Hall–Kier alpha value is -1.08. The number of imidazole rings is 1. The zero-order valence-corrected chi connectivity index (χ0v) is 10.3. The topological polar surface area (TPSA) is 53.1 Å². The summed E-state index contributed by atoms with van der Waals surface area (Å²) in [4.78, 5) is 4.16. The van der Waals surface area contributed by atoms with E-state index in [1.165, 1.54) is 0 Å². The minimum Gasteiger partial charge on any atom is -0.372 e. The van der Waals surface area contributed by atoms with E-state index in [9.17, 15) is 13.2 Å². The minimum absolute atomic E-state index is 0.0449. The van der Waals surface area contributed by atoms with Gasteiger partial charge in [-0.1, -0.05) is 0 Å². The van der Waals surface area contributed by atoms with Crippen molar-refractivity contribution in [2.45, 2.75) is 38.5 Å². The molecule has 0 saturated heterocycles. The number of nitrogens with two attached hydrogens (primary N) is 1. The lowest BCUT2D eigenvalue weighted by molar-refractivity contribution is -0.174. The Morgan fingerprint density at radius 1 is 1.50 bits per heavy atom. The number of halogens is 3. The number of hydrogen-bond acceptors (Lipinski definition) is 3. The number of hydrogen-bond donors (Lipinski definition) is 1. The van der Waals surface area contributed by atoms with E-state index in [4.69, 9.17) is 5.73 Å². The fraction of sp³-hybridized carbons (Fsp3) is 0.727. The molecule has 0 aliphatic heterocycles. The van der Waals surface area contributed by atoms with E-state index in [-0.39, 0.29) is 12.6 Å². The zero-order chi connectivity index (χ0) is 13.6. The van der Waals surface area contributed by atoms with E-state index in [2.05, 4.69) is 9.72 Å². The summed E-state index contributed by atoms with van der Waals surface area (Å²) in [6.07, 6.45) is 0.468. The van der Waals surface area contributed by atoms with E-state index >= 15 is 0 Å². The second kappa shape index (κ2) is 6.75. The van der Waals surface area contributed by atoms with Crippen molar-refractivity contribution < 1.29 is 17.9 Å². The standard InChI is InChI=1S/C11H18F3N3O/c1-9(15)5-10-6-17(8-16-10)3-2-4-18-7-11(12,13)14/h6,8-9H,2-5,7,15H2,1H3. The minimum atomic E-state index is -4.25. The van der Waals surface area contributed by atoms with Gasteiger partial charge in [-0.05, 0) is 13.3 Å². The first-order chi connectivity index (χ1) is 8.37. The summed E-state index contributed by atoms with van der Waals surface area (Å²) in [7, 11) is 0. The van der Waals surface area contributed by atoms with Gasteiger partial charge in [0.1, 0.15) is 6.61 Å². The maximum Gasteiger partial charge on any atom is 0.411 e. The number of ether oxygens (including phenoxy) is 1. The molecule has 1 aromatic rings. The Morgan fingerprint density at radius 2 is 2.22 bits per heavy atom. The molecule has 0 aliphatic carbocycles. The fourth-order valence-corrected chi connectivity index (χ4v) is 1.50. The van der Waals surface area contributed by atoms with Crippen LogP contribution in [-0.4, -0.2) is 35.0 Å². The Labute approximate surface area is 104 Å². The maximum absolute atomic E-state index is 11.8.